The molecule has 0 N–H and O–H groups in total. The summed E-state index contributed by atoms with van der Waals surface area (Å²) in [5, 5.41) is 25.7. The van der Waals surface area contributed by atoms with Gasteiger partial charge < -0.3 is 4.42 Å². The number of nitriles is 2. The van der Waals surface area contributed by atoms with Crippen LogP contribution in [0.2, 0.25) is 0 Å². The van der Waals surface area contributed by atoms with Gasteiger partial charge in [0, 0.05) is 53.2 Å². The molecule has 42 heavy (non-hydrogen) atoms. The lowest BCUT2D eigenvalue weighted by Crippen LogP contribution is -1.98. The summed E-state index contributed by atoms with van der Waals surface area (Å²) in [6.45, 7) is 0. The second kappa shape index (κ2) is 9.46. The molecule has 0 amide bonds. The summed E-state index contributed by atoms with van der Waals surface area (Å²) in [6.07, 6.45) is 0. The monoisotopic (exact) mass is 552 g/mol. The van der Waals surface area contributed by atoms with Gasteiger partial charge in [-0.3, -0.25) is 0 Å². The van der Waals surface area contributed by atoms with Crippen LogP contribution in [0.25, 0.3) is 75.5 Å². The first-order chi connectivity index (χ1) is 20.7. The van der Waals surface area contributed by atoms with Crippen LogP contribution in [0.1, 0.15) is 11.1 Å². The minimum absolute atomic E-state index is 0.455. The second-order valence-electron chi connectivity index (χ2n) is 10.3. The number of benzene rings is 6. The molecule has 0 unspecified atom stereocenters. The fourth-order valence-electron chi connectivity index (χ4n) is 6.10. The van der Waals surface area contributed by atoms with Gasteiger partial charge >= 0.3 is 0 Å². The first kappa shape index (κ1) is 24.1. The molecule has 0 aliphatic rings. The number of nitrogens with zero attached hydrogens (tertiary/aromatic N) is 2. The van der Waals surface area contributed by atoms with Crippen molar-refractivity contribution in [1.29, 1.82) is 10.5 Å². The smallest absolute Gasteiger partial charge is 0.143 e. The van der Waals surface area contributed by atoms with Crippen molar-refractivity contribution in [3.8, 4) is 45.5 Å². The summed E-state index contributed by atoms with van der Waals surface area (Å²) in [5.74, 6) is 0. The largest absolute Gasteiger partial charge is 0.455 e. The molecule has 0 saturated heterocycles. The van der Waals surface area contributed by atoms with E-state index >= 15 is 0 Å². The van der Waals surface area contributed by atoms with Gasteiger partial charge in [-0.1, -0.05) is 91.0 Å². The summed E-state index contributed by atoms with van der Waals surface area (Å²) in [6, 6.07) is 45.5. The first-order valence-corrected chi connectivity index (χ1v) is 14.5. The van der Waals surface area contributed by atoms with Gasteiger partial charge in [0.2, 0.25) is 0 Å². The van der Waals surface area contributed by atoms with Crippen LogP contribution < -0.4 is 0 Å². The van der Waals surface area contributed by atoms with Gasteiger partial charge in [0.15, 0.2) is 0 Å². The van der Waals surface area contributed by atoms with Crippen molar-refractivity contribution in [2.75, 3.05) is 0 Å². The van der Waals surface area contributed by atoms with Crippen molar-refractivity contribution in [3.63, 3.8) is 0 Å². The standard InChI is InChI=1S/C38H20N2OS/c39-21-32-29(24-17-18-36-31(19-24)26-12-5-7-16-35(26)42-36)20-30(33(22-40)37(32)23-9-2-1-3-10-23)28-14-8-13-27-25-11-4-6-15-34(25)41-38(27)28/h1-20H. The van der Waals surface area contributed by atoms with Crippen LogP contribution in [-0.4, -0.2) is 0 Å². The highest BCUT2D eigenvalue weighted by Gasteiger charge is 2.24. The zero-order valence-corrected chi connectivity index (χ0v) is 23.1. The third-order valence-corrected chi connectivity index (χ3v) is 9.15. The lowest BCUT2D eigenvalue weighted by Gasteiger charge is -2.17. The third-order valence-electron chi connectivity index (χ3n) is 8.00. The second-order valence-corrected chi connectivity index (χ2v) is 11.4. The van der Waals surface area contributed by atoms with Gasteiger partial charge in [-0.25, -0.2) is 0 Å². The third kappa shape index (κ3) is 3.57. The van der Waals surface area contributed by atoms with Crippen LogP contribution >= 0.6 is 11.3 Å². The molecule has 3 nitrogen and oxygen atoms in total. The maximum absolute atomic E-state index is 10.7. The molecule has 0 aliphatic carbocycles. The van der Waals surface area contributed by atoms with Crippen molar-refractivity contribution in [3.05, 3.63) is 132 Å². The van der Waals surface area contributed by atoms with E-state index in [2.05, 4.69) is 66.7 Å². The summed E-state index contributed by atoms with van der Waals surface area (Å²) in [7, 11) is 0. The maximum Gasteiger partial charge on any atom is 0.143 e. The normalized spacial score (nSPS) is 11.3. The molecule has 4 heteroatoms. The topological polar surface area (TPSA) is 60.7 Å². The van der Waals surface area contributed by atoms with Crippen LogP contribution in [0.4, 0.5) is 0 Å². The predicted octanol–water partition coefficient (Wildman–Crippen LogP) is 10.7. The number of rotatable bonds is 3. The zero-order chi connectivity index (χ0) is 28.2. The Morgan fingerprint density at radius 3 is 2.02 bits per heavy atom. The molecule has 2 heterocycles. The van der Waals surface area contributed by atoms with Gasteiger partial charge in [0.25, 0.3) is 0 Å². The van der Waals surface area contributed by atoms with Crippen LogP contribution in [0.15, 0.2) is 126 Å². The van der Waals surface area contributed by atoms with E-state index in [0.717, 1.165) is 55.1 Å². The number of furan rings is 1. The first-order valence-electron chi connectivity index (χ1n) is 13.6. The van der Waals surface area contributed by atoms with Crippen molar-refractivity contribution in [1.82, 2.24) is 0 Å². The van der Waals surface area contributed by atoms with E-state index in [1.54, 1.807) is 11.3 Å². The van der Waals surface area contributed by atoms with Gasteiger partial charge in [-0.05, 0) is 41.5 Å². The highest BCUT2D eigenvalue weighted by atomic mass is 32.1. The molecular formula is C38H20N2OS. The number of hydrogen-bond donors (Lipinski definition) is 0. The van der Waals surface area contributed by atoms with E-state index < -0.39 is 0 Å². The number of hydrogen-bond acceptors (Lipinski definition) is 4. The molecule has 194 valence electrons. The van der Waals surface area contributed by atoms with E-state index in [4.69, 9.17) is 4.42 Å². The Labute approximate surface area is 245 Å². The average molecular weight is 553 g/mol. The van der Waals surface area contributed by atoms with Crippen molar-refractivity contribution in [2.24, 2.45) is 0 Å². The van der Waals surface area contributed by atoms with Crippen LogP contribution in [-0.2, 0) is 0 Å². The highest BCUT2D eigenvalue weighted by molar-refractivity contribution is 7.25. The summed E-state index contributed by atoms with van der Waals surface area (Å²) in [4.78, 5) is 0. The van der Waals surface area contributed by atoms with Crippen molar-refractivity contribution >= 4 is 53.4 Å². The highest BCUT2D eigenvalue weighted by Crippen LogP contribution is 2.45. The van der Waals surface area contributed by atoms with Crippen molar-refractivity contribution < 1.29 is 4.42 Å². The number of fused-ring (bicyclic) bond motifs is 6. The summed E-state index contributed by atoms with van der Waals surface area (Å²) >= 11 is 1.76. The number of thiophene rings is 1. The minimum atomic E-state index is 0.455. The van der Waals surface area contributed by atoms with Gasteiger partial charge in [0.1, 0.15) is 23.3 Å². The summed E-state index contributed by atoms with van der Waals surface area (Å²) in [5.41, 5.74) is 7.21. The van der Waals surface area contributed by atoms with E-state index in [1.165, 1.54) is 14.8 Å². The zero-order valence-electron chi connectivity index (χ0n) is 22.3. The molecule has 0 radical (unpaired) electrons. The molecule has 0 aliphatic heterocycles. The molecule has 2 aromatic heterocycles. The van der Waals surface area contributed by atoms with Crippen molar-refractivity contribution in [2.45, 2.75) is 0 Å². The Morgan fingerprint density at radius 1 is 0.500 bits per heavy atom. The van der Waals surface area contributed by atoms with Crippen LogP contribution in [0.3, 0.4) is 0 Å². The quantitative estimate of drug-likeness (QED) is 0.219. The van der Waals surface area contributed by atoms with Gasteiger partial charge in [-0.15, -0.1) is 11.3 Å². The molecule has 0 fully saturated rings. The lowest BCUT2D eigenvalue weighted by molar-refractivity contribution is 0.670. The van der Waals surface area contributed by atoms with Crippen LogP contribution in [0, 0.1) is 22.7 Å². The average Bonchev–Trinajstić information content (AvgIpc) is 3.62. The Morgan fingerprint density at radius 2 is 1.19 bits per heavy atom. The molecule has 8 rings (SSSR count). The Balaban J connectivity index is 1.50. The Kier molecular flexibility index (Phi) is 5.44. The molecule has 0 bridgehead atoms. The van der Waals surface area contributed by atoms with Gasteiger partial charge in [-0.2, -0.15) is 10.5 Å². The molecule has 8 aromatic rings. The lowest BCUT2D eigenvalue weighted by atomic mass is 9.83. The van der Waals surface area contributed by atoms with Gasteiger partial charge in [0.05, 0.1) is 11.1 Å². The maximum atomic E-state index is 10.7. The van der Waals surface area contributed by atoms with E-state index in [0.29, 0.717) is 16.7 Å². The number of para-hydroxylation sites is 2. The fourth-order valence-corrected chi connectivity index (χ4v) is 7.19. The Hall–Kier alpha value is -5.68. The minimum Gasteiger partial charge on any atom is -0.455 e. The predicted molar refractivity (Wildman–Crippen MR) is 172 cm³/mol. The molecule has 6 aromatic carbocycles. The fraction of sp³-hybridized carbons (Fsp3) is 0. The molecular weight excluding hydrogens is 532 g/mol. The van der Waals surface area contributed by atoms with E-state index in [9.17, 15) is 10.5 Å². The van der Waals surface area contributed by atoms with Crippen LogP contribution in [0.5, 0.6) is 0 Å². The molecule has 0 atom stereocenters. The SMILES string of the molecule is N#Cc1c(-c2ccc3sc4ccccc4c3c2)cc(-c2cccc3c2oc2ccccc23)c(C#N)c1-c1ccccc1. The van der Waals surface area contributed by atoms with E-state index in [-0.39, 0.29) is 0 Å². The molecule has 0 spiro atoms. The Bertz CT molecular complexity index is 2430. The summed E-state index contributed by atoms with van der Waals surface area (Å²) < 4.78 is 8.83. The van der Waals surface area contributed by atoms with E-state index in [1.807, 2.05) is 66.7 Å². The molecule has 0 saturated carbocycles.